The van der Waals surface area contributed by atoms with E-state index in [2.05, 4.69) is 36.2 Å². The van der Waals surface area contributed by atoms with E-state index in [9.17, 15) is 4.79 Å². The molecule has 1 aromatic heterocycles. The van der Waals surface area contributed by atoms with E-state index < -0.39 is 0 Å². The summed E-state index contributed by atoms with van der Waals surface area (Å²) >= 11 is 1.56. The minimum Gasteiger partial charge on any atom is -0.390 e. The number of likely N-dealkylation sites (N-methyl/N-ethyl adjacent to an activating group) is 1. The lowest BCUT2D eigenvalue weighted by Gasteiger charge is -2.25. The van der Waals surface area contributed by atoms with Crippen molar-refractivity contribution in [2.24, 2.45) is 0 Å². The van der Waals surface area contributed by atoms with Gasteiger partial charge in [-0.15, -0.1) is 11.3 Å². The number of carbonyl (C=O) groups is 1. The fourth-order valence-corrected chi connectivity index (χ4v) is 4.13. The van der Waals surface area contributed by atoms with Crippen LogP contribution in [0, 0.1) is 6.92 Å². The fourth-order valence-electron chi connectivity index (χ4n) is 2.97. The standard InChI is InChI=1S/C18H23N3OS/c1-3-21-9-8-14-15(11-21)23-17(19)16(14)18(22)20-10-13-6-4-12(2)5-7-13/h4-7H,3,8-11,19H2,1-2H3,(H,20,22). The summed E-state index contributed by atoms with van der Waals surface area (Å²) in [6.07, 6.45) is 0.907. The molecule has 2 heterocycles. The maximum absolute atomic E-state index is 12.6. The van der Waals surface area contributed by atoms with Crippen molar-refractivity contribution in [2.45, 2.75) is 33.4 Å². The van der Waals surface area contributed by atoms with Gasteiger partial charge in [0.2, 0.25) is 0 Å². The van der Waals surface area contributed by atoms with Crippen LogP contribution in [0.25, 0.3) is 0 Å². The van der Waals surface area contributed by atoms with E-state index in [1.165, 1.54) is 10.4 Å². The molecule has 4 nitrogen and oxygen atoms in total. The topological polar surface area (TPSA) is 58.4 Å². The van der Waals surface area contributed by atoms with Gasteiger partial charge in [0.25, 0.3) is 5.91 Å². The lowest BCUT2D eigenvalue weighted by atomic mass is 10.0. The van der Waals surface area contributed by atoms with Crippen LogP contribution < -0.4 is 11.1 Å². The number of anilines is 1. The third kappa shape index (κ3) is 3.41. The van der Waals surface area contributed by atoms with Gasteiger partial charge in [0.05, 0.1) is 10.6 Å². The molecule has 0 unspecified atom stereocenters. The molecule has 1 aromatic carbocycles. The molecule has 1 aliphatic rings. The summed E-state index contributed by atoms with van der Waals surface area (Å²) in [5, 5.41) is 3.66. The Labute approximate surface area is 141 Å². The molecule has 5 heteroatoms. The molecule has 3 N–H and O–H groups in total. The van der Waals surface area contributed by atoms with Crippen LogP contribution >= 0.6 is 11.3 Å². The average Bonchev–Trinajstić information content (AvgIpc) is 2.88. The molecule has 122 valence electrons. The van der Waals surface area contributed by atoms with E-state index in [0.29, 0.717) is 17.1 Å². The first-order valence-electron chi connectivity index (χ1n) is 8.04. The first kappa shape index (κ1) is 16.0. The molecule has 1 amide bonds. The van der Waals surface area contributed by atoms with E-state index in [0.717, 1.165) is 37.2 Å². The van der Waals surface area contributed by atoms with Crippen molar-refractivity contribution in [3.05, 3.63) is 51.4 Å². The van der Waals surface area contributed by atoms with Gasteiger partial charge in [-0.3, -0.25) is 9.69 Å². The number of nitrogen functional groups attached to an aromatic ring is 1. The molecule has 0 radical (unpaired) electrons. The second-order valence-electron chi connectivity index (χ2n) is 6.03. The summed E-state index contributed by atoms with van der Waals surface area (Å²) in [4.78, 5) is 16.2. The number of nitrogens with two attached hydrogens (primary N) is 1. The Morgan fingerprint density at radius 2 is 2.09 bits per heavy atom. The van der Waals surface area contributed by atoms with Gasteiger partial charge in [0.15, 0.2) is 0 Å². The number of fused-ring (bicyclic) bond motifs is 1. The summed E-state index contributed by atoms with van der Waals surface area (Å²) in [5.41, 5.74) is 10.3. The number of hydrogen-bond acceptors (Lipinski definition) is 4. The van der Waals surface area contributed by atoms with Crippen LogP contribution in [-0.2, 0) is 19.5 Å². The van der Waals surface area contributed by atoms with Gasteiger partial charge < -0.3 is 11.1 Å². The molecule has 0 spiro atoms. The number of rotatable bonds is 4. The van der Waals surface area contributed by atoms with Crippen LogP contribution in [0.1, 0.15) is 38.8 Å². The number of aryl methyl sites for hydroxylation is 1. The van der Waals surface area contributed by atoms with Gasteiger partial charge >= 0.3 is 0 Å². The number of nitrogens with zero attached hydrogens (tertiary/aromatic N) is 1. The van der Waals surface area contributed by atoms with Gasteiger partial charge in [0.1, 0.15) is 0 Å². The summed E-state index contributed by atoms with van der Waals surface area (Å²) in [6, 6.07) is 8.20. The SMILES string of the molecule is CCN1CCc2c(sc(N)c2C(=O)NCc2ccc(C)cc2)C1. The number of benzene rings is 1. The highest BCUT2D eigenvalue weighted by atomic mass is 32.1. The maximum atomic E-state index is 12.6. The average molecular weight is 329 g/mol. The van der Waals surface area contributed by atoms with E-state index in [1.54, 1.807) is 11.3 Å². The van der Waals surface area contributed by atoms with Crippen LogP contribution in [0.4, 0.5) is 5.00 Å². The van der Waals surface area contributed by atoms with Gasteiger partial charge in [-0.2, -0.15) is 0 Å². The summed E-state index contributed by atoms with van der Waals surface area (Å²) in [7, 11) is 0. The van der Waals surface area contributed by atoms with Crippen molar-refractivity contribution in [2.75, 3.05) is 18.8 Å². The van der Waals surface area contributed by atoms with Gasteiger partial charge in [-0.05, 0) is 31.0 Å². The summed E-state index contributed by atoms with van der Waals surface area (Å²) in [6.45, 7) is 7.69. The molecule has 0 saturated heterocycles. The number of carbonyl (C=O) groups excluding carboxylic acids is 1. The van der Waals surface area contributed by atoms with Crippen LogP contribution in [0.5, 0.6) is 0 Å². The Balaban J connectivity index is 1.73. The molecule has 1 aliphatic heterocycles. The molecule has 0 atom stereocenters. The lowest BCUT2D eigenvalue weighted by Crippen LogP contribution is -2.31. The molecule has 0 fully saturated rings. The predicted octanol–water partition coefficient (Wildman–Crippen LogP) is 2.95. The molecule has 0 saturated carbocycles. The first-order valence-corrected chi connectivity index (χ1v) is 8.86. The molecule has 3 rings (SSSR count). The zero-order valence-corrected chi connectivity index (χ0v) is 14.5. The molecule has 0 aliphatic carbocycles. The van der Waals surface area contributed by atoms with Gasteiger partial charge in [-0.25, -0.2) is 0 Å². The molecular formula is C18H23N3OS. The fraction of sp³-hybridized carbons (Fsp3) is 0.389. The van der Waals surface area contributed by atoms with Crippen molar-refractivity contribution < 1.29 is 4.79 Å². The Bertz CT molecular complexity index is 706. The smallest absolute Gasteiger partial charge is 0.254 e. The lowest BCUT2D eigenvalue weighted by molar-refractivity contribution is 0.0950. The number of thiophene rings is 1. The highest BCUT2D eigenvalue weighted by Gasteiger charge is 2.26. The Hall–Kier alpha value is -1.85. The number of nitrogens with one attached hydrogen (secondary N) is 1. The van der Waals surface area contributed by atoms with Crippen molar-refractivity contribution in [1.29, 1.82) is 0 Å². The van der Waals surface area contributed by atoms with Gasteiger partial charge in [0, 0.05) is 24.5 Å². The quantitative estimate of drug-likeness (QED) is 0.907. The molecule has 2 aromatic rings. The van der Waals surface area contributed by atoms with E-state index in [-0.39, 0.29) is 5.91 Å². The normalized spacial score (nSPS) is 14.5. The second-order valence-corrected chi connectivity index (χ2v) is 7.17. The zero-order valence-electron chi connectivity index (χ0n) is 13.7. The number of hydrogen-bond donors (Lipinski definition) is 2. The van der Waals surface area contributed by atoms with Crippen molar-refractivity contribution >= 4 is 22.2 Å². The van der Waals surface area contributed by atoms with E-state index in [4.69, 9.17) is 5.73 Å². The third-order valence-electron chi connectivity index (χ3n) is 4.41. The minimum atomic E-state index is -0.0504. The highest BCUT2D eigenvalue weighted by molar-refractivity contribution is 7.16. The van der Waals surface area contributed by atoms with E-state index >= 15 is 0 Å². The van der Waals surface area contributed by atoms with E-state index in [1.807, 2.05) is 12.1 Å². The van der Waals surface area contributed by atoms with Crippen molar-refractivity contribution in [3.8, 4) is 0 Å². The molecular weight excluding hydrogens is 306 g/mol. The zero-order chi connectivity index (χ0) is 16.4. The van der Waals surface area contributed by atoms with Crippen LogP contribution in [0.3, 0.4) is 0 Å². The molecule has 0 bridgehead atoms. The molecule has 23 heavy (non-hydrogen) atoms. The number of amides is 1. The predicted molar refractivity (Wildman–Crippen MR) is 95.7 cm³/mol. The van der Waals surface area contributed by atoms with Crippen LogP contribution in [-0.4, -0.2) is 23.9 Å². The van der Waals surface area contributed by atoms with Gasteiger partial charge in [-0.1, -0.05) is 36.8 Å². The Morgan fingerprint density at radius 3 is 2.78 bits per heavy atom. The summed E-state index contributed by atoms with van der Waals surface area (Å²) in [5.74, 6) is -0.0504. The minimum absolute atomic E-state index is 0.0504. The Kier molecular flexibility index (Phi) is 4.68. The maximum Gasteiger partial charge on any atom is 0.254 e. The van der Waals surface area contributed by atoms with Crippen molar-refractivity contribution in [1.82, 2.24) is 10.2 Å². The highest BCUT2D eigenvalue weighted by Crippen LogP contribution is 2.35. The second kappa shape index (κ2) is 6.72. The largest absolute Gasteiger partial charge is 0.390 e. The third-order valence-corrected chi connectivity index (χ3v) is 5.46. The van der Waals surface area contributed by atoms with Crippen LogP contribution in [0.15, 0.2) is 24.3 Å². The van der Waals surface area contributed by atoms with Crippen LogP contribution in [0.2, 0.25) is 0 Å². The Morgan fingerprint density at radius 1 is 1.35 bits per heavy atom. The first-order chi connectivity index (χ1) is 11.1. The monoisotopic (exact) mass is 329 g/mol. The summed E-state index contributed by atoms with van der Waals surface area (Å²) < 4.78 is 0. The van der Waals surface area contributed by atoms with Crippen molar-refractivity contribution in [3.63, 3.8) is 0 Å².